The van der Waals surface area contributed by atoms with Gasteiger partial charge in [-0.3, -0.25) is 9.78 Å². The number of benzene rings is 5. The van der Waals surface area contributed by atoms with Crippen molar-refractivity contribution in [2.45, 2.75) is 72.6 Å². The number of pyridine rings is 1. The maximum Gasteiger partial charge on any atom is 0.164 e. The Balaban J connectivity index is 0.000000288. The van der Waals surface area contributed by atoms with E-state index in [1.54, 1.807) is 0 Å². The van der Waals surface area contributed by atoms with Crippen molar-refractivity contribution >= 4 is 38.2 Å². The van der Waals surface area contributed by atoms with Crippen LogP contribution >= 0.6 is 0 Å². The van der Waals surface area contributed by atoms with Crippen molar-refractivity contribution < 1.29 is 30.0 Å². The standard InChI is InChI=1S/C34H26N.C11H20O2.Ir/c1-33(2)22-34(27-13-5-3-6-14-27,28-15-7-4-8-16-28)32-30(33)21-26-18-17-25-19-23-11-9-10-12-24(23)20-29(25)31(26)35-32;1-10(2,3)8(12)7-9(13)11(4,5)6;/h3-19,21H,22H2,1-2H3;7,12H,1-6H3;/q-1;;. The van der Waals surface area contributed by atoms with Gasteiger partial charge in [-0.05, 0) is 33.9 Å². The average molecular weight is 825 g/mol. The third-order valence-corrected chi connectivity index (χ3v) is 9.70. The molecule has 6 aromatic rings. The number of nitrogens with zero attached hydrogens (tertiary/aromatic N) is 1. The molecule has 0 saturated heterocycles. The van der Waals surface area contributed by atoms with Crippen LogP contribution in [-0.4, -0.2) is 15.9 Å². The van der Waals surface area contributed by atoms with Crippen LogP contribution in [0.15, 0.2) is 121 Å². The van der Waals surface area contributed by atoms with E-state index in [1.807, 2.05) is 41.5 Å². The number of aromatic nitrogens is 1. The number of rotatable bonds is 3. The Hall–Kier alpha value is -4.11. The maximum atomic E-state index is 11.5. The van der Waals surface area contributed by atoms with Crippen molar-refractivity contribution in [3.63, 3.8) is 0 Å². The van der Waals surface area contributed by atoms with E-state index in [2.05, 4.69) is 129 Å². The van der Waals surface area contributed by atoms with Crippen molar-refractivity contribution in [3.05, 3.63) is 149 Å². The van der Waals surface area contributed by atoms with Gasteiger partial charge in [0.2, 0.25) is 0 Å². The molecule has 3 nitrogen and oxygen atoms in total. The molecule has 0 aliphatic heterocycles. The van der Waals surface area contributed by atoms with Gasteiger partial charge in [-0.1, -0.05) is 169 Å². The first kappa shape index (κ1) is 36.2. The monoisotopic (exact) mass is 825 g/mol. The van der Waals surface area contributed by atoms with Crippen LogP contribution < -0.4 is 0 Å². The van der Waals surface area contributed by atoms with E-state index in [9.17, 15) is 9.90 Å². The summed E-state index contributed by atoms with van der Waals surface area (Å²) < 4.78 is 0. The fraction of sp³-hybridized carbons (Fsp3) is 0.289. The molecular weight excluding hydrogens is 779 g/mol. The summed E-state index contributed by atoms with van der Waals surface area (Å²) in [6.45, 7) is 15.9. The van der Waals surface area contributed by atoms with Crippen LogP contribution in [0.4, 0.5) is 0 Å². The van der Waals surface area contributed by atoms with Crippen LogP contribution in [0.1, 0.15) is 84.2 Å². The zero-order valence-electron chi connectivity index (χ0n) is 29.8. The Kier molecular flexibility index (Phi) is 9.83. The average Bonchev–Trinajstić information content (AvgIpc) is 3.30. The third-order valence-electron chi connectivity index (χ3n) is 9.70. The Bertz CT molecular complexity index is 2130. The minimum absolute atomic E-state index is 0. The van der Waals surface area contributed by atoms with Crippen LogP contribution in [0.25, 0.3) is 32.4 Å². The number of carbonyl (C=O) groups excluding carboxylic acids is 1. The largest absolute Gasteiger partial charge is 0.512 e. The van der Waals surface area contributed by atoms with Crippen molar-refractivity contribution in [3.8, 4) is 0 Å². The molecule has 0 bridgehead atoms. The zero-order valence-corrected chi connectivity index (χ0v) is 32.2. The Morgan fingerprint density at radius 3 is 1.86 bits per heavy atom. The van der Waals surface area contributed by atoms with E-state index in [-0.39, 0.29) is 47.9 Å². The van der Waals surface area contributed by atoms with Gasteiger partial charge in [0, 0.05) is 42.5 Å². The SMILES string of the molecule is CC(C)(C)C(=O)C=C(O)C(C)(C)C.CC1(C)CC(c2ccccc2)(c2ccccc2)c2nc3c(ccc4cc5ccccc5[c-]c43)cc21.[Ir]. The van der Waals surface area contributed by atoms with Crippen molar-refractivity contribution in [1.82, 2.24) is 4.98 Å². The molecule has 1 heterocycles. The van der Waals surface area contributed by atoms with Crippen molar-refractivity contribution in [2.24, 2.45) is 10.8 Å². The molecule has 0 spiro atoms. The van der Waals surface area contributed by atoms with E-state index in [4.69, 9.17) is 4.98 Å². The Labute approximate surface area is 304 Å². The van der Waals surface area contributed by atoms with E-state index in [0.717, 1.165) is 22.7 Å². The predicted octanol–water partition coefficient (Wildman–Crippen LogP) is 11.4. The van der Waals surface area contributed by atoms with Crippen molar-refractivity contribution in [1.29, 1.82) is 0 Å². The third kappa shape index (κ3) is 6.87. The van der Waals surface area contributed by atoms with Crippen LogP contribution in [-0.2, 0) is 35.7 Å². The Morgan fingerprint density at radius 1 is 0.735 bits per heavy atom. The number of aliphatic hydroxyl groups excluding tert-OH is 1. The summed E-state index contributed by atoms with van der Waals surface area (Å²) in [5, 5.41) is 15.4. The number of fused-ring (bicyclic) bond motifs is 5. The number of aliphatic hydroxyl groups is 1. The van der Waals surface area contributed by atoms with Crippen LogP contribution in [0.3, 0.4) is 0 Å². The fourth-order valence-corrected chi connectivity index (χ4v) is 6.88. The quantitative estimate of drug-likeness (QED) is 0.0636. The molecule has 5 aromatic carbocycles. The summed E-state index contributed by atoms with van der Waals surface area (Å²) in [5.41, 5.74) is 5.11. The van der Waals surface area contributed by atoms with Crippen molar-refractivity contribution in [2.75, 3.05) is 0 Å². The number of hydrogen-bond acceptors (Lipinski definition) is 3. The second-order valence-electron chi connectivity index (χ2n) is 15.9. The van der Waals surface area contributed by atoms with E-state index in [1.165, 1.54) is 44.6 Å². The summed E-state index contributed by atoms with van der Waals surface area (Å²) in [4.78, 5) is 17.0. The molecule has 0 saturated carbocycles. The molecule has 1 radical (unpaired) electrons. The molecule has 1 aliphatic rings. The Morgan fingerprint density at radius 2 is 1.29 bits per heavy atom. The van der Waals surface area contributed by atoms with Crippen LogP contribution in [0, 0.1) is 16.9 Å². The number of hydrogen-bond donors (Lipinski definition) is 1. The molecule has 0 unspecified atom stereocenters. The van der Waals surface area contributed by atoms with E-state index < -0.39 is 5.41 Å². The molecule has 1 N–H and O–H groups in total. The summed E-state index contributed by atoms with van der Waals surface area (Å²) in [6.07, 6.45) is 2.32. The summed E-state index contributed by atoms with van der Waals surface area (Å²) in [6, 6.07) is 43.2. The van der Waals surface area contributed by atoms with E-state index >= 15 is 0 Å². The van der Waals surface area contributed by atoms with Gasteiger partial charge in [0.15, 0.2) is 5.78 Å². The molecule has 0 atom stereocenters. The second kappa shape index (κ2) is 13.3. The smallest absolute Gasteiger partial charge is 0.164 e. The van der Waals surface area contributed by atoms with Gasteiger partial charge in [0.25, 0.3) is 0 Å². The molecule has 0 amide bonds. The van der Waals surface area contributed by atoms with Gasteiger partial charge >= 0.3 is 0 Å². The first-order valence-electron chi connectivity index (χ1n) is 16.9. The zero-order chi connectivity index (χ0) is 34.5. The molecule has 49 heavy (non-hydrogen) atoms. The second-order valence-corrected chi connectivity index (χ2v) is 15.9. The summed E-state index contributed by atoms with van der Waals surface area (Å²) >= 11 is 0. The summed E-state index contributed by atoms with van der Waals surface area (Å²) in [5.74, 6) is 0.104. The molecule has 4 heteroatoms. The van der Waals surface area contributed by atoms with Gasteiger partial charge < -0.3 is 5.11 Å². The molecule has 7 rings (SSSR count). The van der Waals surface area contributed by atoms with Crippen LogP contribution in [0.5, 0.6) is 0 Å². The first-order chi connectivity index (χ1) is 22.6. The summed E-state index contributed by atoms with van der Waals surface area (Å²) in [7, 11) is 0. The van der Waals surface area contributed by atoms with Gasteiger partial charge in [-0.15, -0.1) is 23.6 Å². The van der Waals surface area contributed by atoms with Gasteiger partial charge in [0.1, 0.15) is 5.76 Å². The van der Waals surface area contributed by atoms with E-state index in [0.29, 0.717) is 0 Å². The number of allylic oxidation sites excluding steroid dienone is 2. The van der Waals surface area contributed by atoms with Gasteiger partial charge in [0.05, 0.1) is 11.1 Å². The minimum Gasteiger partial charge on any atom is -0.512 e. The topological polar surface area (TPSA) is 50.2 Å². The van der Waals surface area contributed by atoms with Gasteiger partial charge in [-0.25, -0.2) is 0 Å². The maximum absolute atomic E-state index is 11.5. The number of carbonyl (C=O) groups is 1. The molecule has 0 fully saturated rings. The molecular formula is C45H46IrNO2-. The fourth-order valence-electron chi connectivity index (χ4n) is 6.88. The normalized spacial score (nSPS) is 15.3. The molecule has 1 aromatic heterocycles. The predicted molar refractivity (Wildman–Crippen MR) is 201 cm³/mol. The first-order valence-corrected chi connectivity index (χ1v) is 16.9. The van der Waals surface area contributed by atoms with Crippen LogP contribution in [0.2, 0.25) is 0 Å². The molecule has 1 aliphatic carbocycles. The minimum atomic E-state index is -0.417. The molecule has 253 valence electrons. The van der Waals surface area contributed by atoms with Gasteiger partial charge in [-0.2, -0.15) is 0 Å². The number of ketones is 1.